The molecule has 1 saturated heterocycles. The second-order valence-corrected chi connectivity index (χ2v) is 5.24. The molecule has 0 spiro atoms. The lowest BCUT2D eigenvalue weighted by Gasteiger charge is -2.20. The van der Waals surface area contributed by atoms with E-state index in [1.54, 1.807) is 0 Å². The Kier molecular flexibility index (Phi) is 5.47. The van der Waals surface area contributed by atoms with Crippen molar-refractivity contribution >= 4 is 11.6 Å². The summed E-state index contributed by atoms with van der Waals surface area (Å²) in [6.45, 7) is 9.73. The van der Waals surface area contributed by atoms with Crippen LogP contribution in [-0.4, -0.2) is 58.2 Å². The summed E-state index contributed by atoms with van der Waals surface area (Å²) in [5.74, 6) is 0.739. The Morgan fingerprint density at radius 3 is 2.72 bits per heavy atom. The van der Waals surface area contributed by atoms with Gasteiger partial charge in [-0.25, -0.2) is 0 Å². The van der Waals surface area contributed by atoms with Crippen LogP contribution < -0.4 is 0 Å². The highest BCUT2D eigenvalue weighted by atomic mass is 35.5. The lowest BCUT2D eigenvalue weighted by molar-refractivity contribution is 0.258. The fourth-order valence-electron chi connectivity index (χ4n) is 2.44. The number of rotatable bonds is 5. The van der Waals surface area contributed by atoms with Gasteiger partial charge in [-0.3, -0.25) is 9.58 Å². The minimum absolute atomic E-state index is 0.739. The summed E-state index contributed by atoms with van der Waals surface area (Å²) < 4.78 is 1.99. The van der Waals surface area contributed by atoms with Crippen molar-refractivity contribution in [2.45, 2.75) is 26.4 Å². The third-order valence-corrected chi connectivity index (χ3v) is 3.67. The molecule has 0 N–H and O–H groups in total. The summed E-state index contributed by atoms with van der Waals surface area (Å²) in [4.78, 5) is 4.98. The molecular weight excluding hydrogens is 248 g/mol. The highest BCUT2D eigenvalue weighted by molar-refractivity contribution is 6.18. The topological polar surface area (TPSA) is 24.3 Å². The van der Waals surface area contributed by atoms with E-state index >= 15 is 0 Å². The second kappa shape index (κ2) is 7.12. The maximum absolute atomic E-state index is 5.81. The van der Waals surface area contributed by atoms with E-state index in [-0.39, 0.29) is 0 Å². The monoisotopic (exact) mass is 270 g/mol. The molecule has 2 heterocycles. The Morgan fingerprint density at radius 2 is 2.00 bits per heavy atom. The smallest absolute Gasteiger partial charge is 0.0534 e. The number of nitrogens with zero attached hydrogens (tertiary/aromatic N) is 4. The predicted molar refractivity (Wildman–Crippen MR) is 75.0 cm³/mol. The quantitative estimate of drug-likeness (QED) is 0.761. The average molecular weight is 271 g/mol. The molecule has 1 fully saturated rings. The van der Waals surface area contributed by atoms with E-state index in [4.69, 9.17) is 11.6 Å². The Labute approximate surface area is 115 Å². The van der Waals surface area contributed by atoms with Crippen molar-refractivity contribution in [3.8, 4) is 0 Å². The molecule has 4 nitrogen and oxygen atoms in total. The van der Waals surface area contributed by atoms with Crippen LogP contribution >= 0.6 is 11.6 Å². The van der Waals surface area contributed by atoms with E-state index in [1.165, 1.54) is 25.1 Å². The van der Waals surface area contributed by atoms with E-state index in [0.717, 1.165) is 38.6 Å². The largest absolute Gasteiger partial charge is 0.301 e. The normalized spacial score (nSPS) is 19.0. The van der Waals surface area contributed by atoms with Crippen molar-refractivity contribution in [1.29, 1.82) is 0 Å². The standard InChI is InChI=1S/C13H23ClN4/c1-2-18-12-13(10-15-18)11-17-6-3-5-16(7-4-14)8-9-17/h10,12H,2-9,11H2,1H3. The molecule has 1 aliphatic heterocycles. The summed E-state index contributed by atoms with van der Waals surface area (Å²) in [6.07, 6.45) is 5.38. The minimum Gasteiger partial charge on any atom is -0.301 e. The van der Waals surface area contributed by atoms with Gasteiger partial charge in [0.2, 0.25) is 0 Å². The van der Waals surface area contributed by atoms with Crippen LogP contribution in [0.25, 0.3) is 0 Å². The van der Waals surface area contributed by atoms with E-state index < -0.39 is 0 Å². The van der Waals surface area contributed by atoms with Crippen molar-refractivity contribution < 1.29 is 0 Å². The second-order valence-electron chi connectivity index (χ2n) is 4.86. The molecule has 0 bridgehead atoms. The number of alkyl halides is 1. The van der Waals surface area contributed by atoms with Crippen molar-refractivity contribution in [2.75, 3.05) is 38.6 Å². The number of aryl methyl sites for hydroxylation is 1. The first kappa shape index (κ1) is 13.8. The van der Waals surface area contributed by atoms with Crippen LogP contribution in [0, 0.1) is 0 Å². The number of hydrogen-bond donors (Lipinski definition) is 0. The van der Waals surface area contributed by atoms with Crippen molar-refractivity contribution in [1.82, 2.24) is 19.6 Å². The van der Waals surface area contributed by atoms with Crippen LogP contribution in [0.15, 0.2) is 12.4 Å². The number of aromatic nitrogens is 2. The highest BCUT2D eigenvalue weighted by Crippen LogP contribution is 2.08. The van der Waals surface area contributed by atoms with Gasteiger partial charge >= 0.3 is 0 Å². The summed E-state index contributed by atoms with van der Waals surface area (Å²) in [5.41, 5.74) is 1.32. The van der Waals surface area contributed by atoms with Crippen LogP contribution in [0.1, 0.15) is 18.9 Å². The van der Waals surface area contributed by atoms with Gasteiger partial charge in [0.1, 0.15) is 0 Å². The van der Waals surface area contributed by atoms with Gasteiger partial charge in [-0.1, -0.05) is 0 Å². The molecule has 0 aliphatic carbocycles. The Hall–Kier alpha value is -0.580. The molecule has 102 valence electrons. The zero-order valence-electron chi connectivity index (χ0n) is 11.2. The first-order chi connectivity index (χ1) is 8.81. The van der Waals surface area contributed by atoms with Gasteiger partial charge in [0, 0.05) is 50.4 Å². The van der Waals surface area contributed by atoms with E-state index in [1.807, 2.05) is 10.9 Å². The predicted octanol–water partition coefficient (Wildman–Crippen LogP) is 1.65. The average Bonchev–Trinajstić information content (AvgIpc) is 2.71. The van der Waals surface area contributed by atoms with Gasteiger partial charge in [-0.15, -0.1) is 11.6 Å². The van der Waals surface area contributed by atoms with Gasteiger partial charge in [0.05, 0.1) is 6.20 Å². The van der Waals surface area contributed by atoms with Crippen molar-refractivity contribution in [2.24, 2.45) is 0 Å². The molecule has 0 unspecified atom stereocenters. The molecule has 1 aromatic rings. The van der Waals surface area contributed by atoms with Crippen LogP contribution in [0.3, 0.4) is 0 Å². The first-order valence-electron chi connectivity index (χ1n) is 6.84. The molecule has 1 aliphatic rings. The molecule has 2 rings (SSSR count). The van der Waals surface area contributed by atoms with Gasteiger partial charge in [-0.05, 0) is 26.4 Å². The van der Waals surface area contributed by atoms with Crippen molar-refractivity contribution in [3.05, 3.63) is 18.0 Å². The van der Waals surface area contributed by atoms with Crippen LogP contribution in [-0.2, 0) is 13.1 Å². The number of hydrogen-bond acceptors (Lipinski definition) is 3. The molecule has 0 amide bonds. The lowest BCUT2D eigenvalue weighted by Crippen LogP contribution is -2.31. The van der Waals surface area contributed by atoms with E-state index in [9.17, 15) is 0 Å². The molecule has 1 aromatic heterocycles. The van der Waals surface area contributed by atoms with Gasteiger partial charge in [0.25, 0.3) is 0 Å². The summed E-state index contributed by atoms with van der Waals surface area (Å²) in [7, 11) is 0. The van der Waals surface area contributed by atoms with Crippen molar-refractivity contribution in [3.63, 3.8) is 0 Å². The maximum atomic E-state index is 5.81. The maximum Gasteiger partial charge on any atom is 0.0534 e. The summed E-state index contributed by atoms with van der Waals surface area (Å²) >= 11 is 5.81. The Morgan fingerprint density at radius 1 is 1.22 bits per heavy atom. The highest BCUT2D eigenvalue weighted by Gasteiger charge is 2.14. The molecule has 18 heavy (non-hydrogen) atoms. The van der Waals surface area contributed by atoms with Crippen LogP contribution in [0.4, 0.5) is 0 Å². The summed E-state index contributed by atoms with van der Waals surface area (Å²) in [5, 5.41) is 4.33. The molecular formula is C13H23ClN4. The minimum atomic E-state index is 0.739. The van der Waals surface area contributed by atoms with E-state index in [2.05, 4.69) is 28.0 Å². The Balaban J connectivity index is 1.82. The third kappa shape index (κ3) is 3.97. The van der Waals surface area contributed by atoms with Crippen LogP contribution in [0.5, 0.6) is 0 Å². The fraction of sp³-hybridized carbons (Fsp3) is 0.769. The molecule has 0 radical (unpaired) electrons. The van der Waals surface area contributed by atoms with E-state index in [0.29, 0.717) is 0 Å². The summed E-state index contributed by atoms with van der Waals surface area (Å²) in [6, 6.07) is 0. The zero-order chi connectivity index (χ0) is 12.8. The van der Waals surface area contributed by atoms with Gasteiger partial charge < -0.3 is 4.90 Å². The zero-order valence-corrected chi connectivity index (χ0v) is 11.9. The lowest BCUT2D eigenvalue weighted by atomic mass is 10.3. The van der Waals surface area contributed by atoms with Crippen LogP contribution in [0.2, 0.25) is 0 Å². The molecule has 0 atom stereocenters. The fourth-order valence-corrected chi connectivity index (χ4v) is 2.68. The first-order valence-corrected chi connectivity index (χ1v) is 7.37. The molecule has 0 saturated carbocycles. The molecule has 5 heteroatoms. The van der Waals surface area contributed by atoms with Gasteiger partial charge in [0.15, 0.2) is 0 Å². The Bertz CT molecular complexity index is 353. The SMILES string of the molecule is CCn1cc(CN2CCCN(CCCl)CC2)cn1. The number of halogens is 1. The van der Waals surface area contributed by atoms with Gasteiger partial charge in [-0.2, -0.15) is 5.10 Å². The third-order valence-electron chi connectivity index (χ3n) is 3.50. The molecule has 0 aromatic carbocycles.